The fourth-order valence-electron chi connectivity index (χ4n) is 2.18. The average molecular weight is 306 g/mol. The second-order valence-electron chi connectivity index (χ2n) is 4.85. The molecular formula is C15H15FN2O4. The van der Waals surface area contributed by atoms with Gasteiger partial charge in [-0.1, -0.05) is 18.2 Å². The van der Waals surface area contributed by atoms with Crippen LogP contribution < -0.4 is 5.73 Å². The number of carboxylic acids is 1. The summed E-state index contributed by atoms with van der Waals surface area (Å²) in [6, 6.07) is 4.85. The van der Waals surface area contributed by atoms with Crippen molar-refractivity contribution in [3.05, 3.63) is 47.3 Å². The first-order valence-electron chi connectivity index (χ1n) is 6.72. The van der Waals surface area contributed by atoms with E-state index in [1.165, 1.54) is 0 Å². The monoisotopic (exact) mass is 306 g/mol. The van der Waals surface area contributed by atoms with Crippen molar-refractivity contribution >= 4 is 17.8 Å². The van der Waals surface area contributed by atoms with Gasteiger partial charge in [0.25, 0.3) is 11.8 Å². The van der Waals surface area contributed by atoms with E-state index in [2.05, 4.69) is 0 Å². The summed E-state index contributed by atoms with van der Waals surface area (Å²) in [5, 5.41) is 8.55. The second-order valence-corrected chi connectivity index (χ2v) is 4.85. The number of carboxylic acid groups (broad SMARTS) is 1. The Labute approximate surface area is 126 Å². The lowest BCUT2D eigenvalue weighted by atomic mass is 10.1. The Morgan fingerprint density at radius 1 is 1.27 bits per heavy atom. The van der Waals surface area contributed by atoms with Gasteiger partial charge in [-0.2, -0.15) is 0 Å². The number of imide groups is 1. The van der Waals surface area contributed by atoms with Crippen LogP contribution >= 0.6 is 0 Å². The molecule has 6 nitrogen and oxygen atoms in total. The van der Waals surface area contributed by atoms with Crippen LogP contribution in [0.3, 0.4) is 0 Å². The third-order valence-corrected chi connectivity index (χ3v) is 3.37. The number of hydrogen-bond acceptors (Lipinski definition) is 4. The SMILES string of the molecule is NC(C(=O)O)/C(F)=C/CCCN1C(=O)c2ccccc2C1=O. The van der Waals surface area contributed by atoms with Gasteiger partial charge in [-0.15, -0.1) is 0 Å². The van der Waals surface area contributed by atoms with Crippen molar-refractivity contribution in [2.75, 3.05) is 6.54 Å². The zero-order valence-electron chi connectivity index (χ0n) is 11.7. The quantitative estimate of drug-likeness (QED) is 0.610. The molecule has 22 heavy (non-hydrogen) atoms. The minimum absolute atomic E-state index is 0.137. The molecule has 3 N–H and O–H groups in total. The molecule has 7 heteroatoms. The van der Waals surface area contributed by atoms with Crippen molar-refractivity contribution in [1.29, 1.82) is 0 Å². The molecule has 1 aromatic rings. The lowest BCUT2D eigenvalue weighted by Crippen LogP contribution is -2.31. The molecule has 1 aliphatic rings. The minimum Gasteiger partial charge on any atom is -0.480 e. The van der Waals surface area contributed by atoms with Crippen LogP contribution in [0.2, 0.25) is 0 Å². The maximum absolute atomic E-state index is 13.3. The Bertz CT molecular complexity index is 622. The zero-order valence-corrected chi connectivity index (χ0v) is 11.7. The molecule has 0 aliphatic carbocycles. The van der Waals surface area contributed by atoms with E-state index >= 15 is 0 Å². The molecule has 0 bridgehead atoms. The number of amides is 2. The molecule has 1 unspecified atom stereocenters. The number of nitrogens with zero attached hydrogens (tertiary/aromatic N) is 1. The number of allylic oxidation sites excluding steroid dienone is 1. The van der Waals surface area contributed by atoms with Crippen LogP contribution in [0.5, 0.6) is 0 Å². The van der Waals surface area contributed by atoms with Gasteiger partial charge >= 0.3 is 5.97 Å². The molecule has 0 radical (unpaired) electrons. The van der Waals surface area contributed by atoms with Crippen molar-refractivity contribution in [2.45, 2.75) is 18.9 Å². The van der Waals surface area contributed by atoms with Crippen LogP contribution in [0.1, 0.15) is 33.6 Å². The normalized spacial score (nSPS) is 15.9. The van der Waals surface area contributed by atoms with Gasteiger partial charge < -0.3 is 10.8 Å². The number of carbonyl (C=O) groups excluding carboxylic acids is 2. The van der Waals surface area contributed by atoms with E-state index in [-0.39, 0.29) is 24.8 Å². The predicted octanol–water partition coefficient (Wildman–Crippen LogP) is 1.33. The fourth-order valence-corrected chi connectivity index (χ4v) is 2.18. The first-order chi connectivity index (χ1) is 10.4. The van der Waals surface area contributed by atoms with Crippen molar-refractivity contribution < 1.29 is 23.9 Å². The number of carbonyl (C=O) groups is 3. The fraction of sp³-hybridized carbons (Fsp3) is 0.267. The Balaban J connectivity index is 1.92. The molecule has 2 rings (SSSR count). The third-order valence-electron chi connectivity index (χ3n) is 3.37. The largest absolute Gasteiger partial charge is 0.480 e. The van der Waals surface area contributed by atoms with Gasteiger partial charge in [-0.3, -0.25) is 19.3 Å². The molecule has 0 fully saturated rings. The van der Waals surface area contributed by atoms with Crippen molar-refractivity contribution in [3.63, 3.8) is 0 Å². The van der Waals surface area contributed by atoms with Gasteiger partial charge in [-0.25, -0.2) is 4.39 Å². The topological polar surface area (TPSA) is 101 Å². The summed E-state index contributed by atoms with van der Waals surface area (Å²) in [6.07, 6.45) is 1.57. The number of nitrogens with two attached hydrogens (primary N) is 1. The molecule has 0 saturated heterocycles. The summed E-state index contributed by atoms with van der Waals surface area (Å²) in [5.41, 5.74) is 5.83. The van der Waals surface area contributed by atoms with Gasteiger partial charge in [0.05, 0.1) is 11.1 Å². The highest BCUT2D eigenvalue weighted by atomic mass is 19.1. The Morgan fingerprint density at radius 3 is 2.32 bits per heavy atom. The van der Waals surface area contributed by atoms with Crippen LogP contribution in [0.4, 0.5) is 4.39 Å². The first-order valence-corrected chi connectivity index (χ1v) is 6.72. The maximum Gasteiger partial charge on any atom is 0.327 e. The number of halogens is 1. The summed E-state index contributed by atoms with van der Waals surface area (Å²) in [4.78, 5) is 35.7. The molecule has 0 aromatic heterocycles. The molecule has 1 heterocycles. The van der Waals surface area contributed by atoms with Gasteiger partial charge in [0.1, 0.15) is 5.83 Å². The lowest BCUT2D eigenvalue weighted by Gasteiger charge is -2.12. The van der Waals surface area contributed by atoms with Crippen molar-refractivity contribution in [1.82, 2.24) is 4.90 Å². The van der Waals surface area contributed by atoms with Gasteiger partial charge in [-0.05, 0) is 25.0 Å². The highest BCUT2D eigenvalue weighted by Crippen LogP contribution is 2.22. The predicted molar refractivity (Wildman–Crippen MR) is 75.8 cm³/mol. The standard InChI is InChI=1S/C15H15FN2O4/c16-11(12(17)15(21)22)7-3-4-8-18-13(19)9-5-1-2-6-10(9)14(18)20/h1-2,5-7,12H,3-4,8,17H2,(H,21,22)/b11-7-. The van der Waals surface area contributed by atoms with Crippen LogP contribution in [0, 0.1) is 0 Å². The number of benzene rings is 1. The number of hydrogen-bond donors (Lipinski definition) is 2. The Hall–Kier alpha value is -2.54. The number of unbranched alkanes of at least 4 members (excludes halogenated alkanes) is 1. The summed E-state index contributed by atoms with van der Waals surface area (Å²) in [5.74, 6) is -3.12. The van der Waals surface area contributed by atoms with Gasteiger partial charge in [0, 0.05) is 6.54 Å². The molecule has 116 valence electrons. The van der Waals surface area contributed by atoms with E-state index in [4.69, 9.17) is 10.8 Å². The smallest absolute Gasteiger partial charge is 0.327 e. The van der Waals surface area contributed by atoms with Crippen LogP contribution in [0.15, 0.2) is 36.2 Å². The number of rotatable bonds is 6. The second kappa shape index (κ2) is 6.48. The van der Waals surface area contributed by atoms with E-state index in [1.807, 2.05) is 0 Å². The molecule has 1 atom stereocenters. The summed E-state index contributed by atoms with van der Waals surface area (Å²) in [6.45, 7) is 0.137. The van der Waals surface area contributed by atoms with E-state index in [0.717, 1.165) is 11.0 Å². The molecule has 1 aliphatic heterocycles. The number of fused-ring (bicyclic) bond motifs is 1. The summed E-state index contributed by atoms with van der Waals surface area (Å²) < 4.78 is 13.3. The minimum atomic E-state index is -1.68. The summed E-state index contributed by atoms with van der Waals surface area (Å²) in [7, 11) is 0. The van der Waals surface area contributed by atoms with Crippen LogP contribution in [-0.2, 0) is 4.79 Å². The molecular weight excluding hydrogens is 291 g/mol. The van der Waals surface area contributed by atoms with Gasteiger partial charge in [0.15, 0.2) is 6.04 Å². The molecule has 0 saturated carbocycles. The zero-order chi connectivity index (χ0) is 16.3. The van der Waals surface area contributed by atoms with E-state index in [9.17, 15) is 18.8 Å². The average Bonchev–Trinajstić information content (AvgIpc) is 2.75. The van der Waals surface area contributed by atoms with Crippen molar-refractivity contribution in [2.24, 2.45) is 5.73 Å². The third kappa shape index (κ3) is 3.04. The van der Waals surface area contributed by atoms with E-state index < -0.39 is 17.8 Å². The maximum atomic E-state index is 13.3. The van der Waals surface area contributed by atoms with E-state index in [0.29, 0.717) is 17.5 Å². The Morgan fingerprint density at radius 2 is 1.82 bits per heavy atom. The Kier molecular flexibility index (Phi) is 4.67. The van der Waals surface area contributed by atoms with Crippen LogP contribution in [0.25, 0.3) is 0 Å². The molecule has 0 spiro atoms. The summed E-state index contributed by atoms with van der Waals surface area (Å²) >= 11 is 0. The van der Waals surface area contributed by atoms with Crippen molar-refractivity contribution in [3.8, 4) is 0 Å². The highest BCUT2D eigenvalue weighted by Gasteiger charge is 2.34. The molecule has 1 aromatic carbocycles. The van der Waals surface area contributed by atoms with Gasteiger partial charge in [0.2, 0.25) is 0 Å². The number of aliphatic carboxylic acids is 1. The molecule has 2 amide bonds. The first kappa shape index (κ1) is 15.8. The van der Waals surface area contributed by atoms with E-state index in [1.54, 1.807) is 24.3 Å². The highest BCUT2D eigenvalue weighted by molar-refractivity contribution is 6.21. The lowest BCUT2D eigenvalue weighted by molar-refractivity contribution is -0.137. The van der Waals surface area contributed by atoms with Crippen LogP contribution in [-0.4, -0.2) is 40.4 Å².